The third kappa shape index (κ3) is 6.10. The van der Waals surface area contributed by atoms with E-state index in [-0.39, 0.29) is 12.5 Å². The van der Waals surface area contributed by atoms with Crippen molar-refractivity contribution in [2.75, 3.05) is 19.7 Å². The lowest BCUT2D eigenvalue weighted by Crippen LogP contribution is -2.27. The molecule has 13 heavy (non-hydrogen) atoms. The Bertz CT molecular complexity index is 177. The predicted molar refractivity (Wildman–Crippen MR) is 46.2 cm³/mol. The van der Waals surface area contributed by atoms with E-state index in [2.05, 4.69) is 0 Å². The number of nitrogens with zero attached hydrogens (tertiary/aromatic N) is 1. The number of hydrogen-bond acceptors (Lipinski definition) is 3. The van der Waals surface area contributed by atoms with E-state index >= 15 is 0 Å². The molecule has 76 valence electrons. The van der Waals surface area contributed by atoms with Gasteiger partial charge in [0.25, 0.3) is 5.97 Å². The first-order valence-corrected chi connectivity index (χ1v) is 4.16. The minimum absolute atomic E-state index is 0.0890. The van der Waals surface area contributed by atoms with Crippen LogP contribution in [0.5, 0.6) is 0 Å². The van der Waals surface area contributed by atoms with Crippen LogP contribution < -0.4 is 0 Å². The molecule has 0 aromatic heterocycles. The number of aliphatic hydroxyl groups excluding tert-OH is 1. The molecule has 0 aromatic rings. The second kappa shape index (κ2) is 6.42. The largest absolute Gasteiger partial charge is 0.481 e. The topological polar surface area (TPSA) is 77.8 Å². The first-order chi connectivity index (χ1) is 6.07. The molecule has 5 heteroatoms. The Balaban J connectivity index is 0.000000310. The van der Waals surface area contributed by atoms with E-state index in [4.69, 9.17) is 15.0 Å². The molecule has 0 aromatic carbocycles. The lowest BCUT2D eigenvalue weighted by atomic mass is 10.4. The molecule has 0 aliphatic carbocycles. The smallest absolute Gasteiger partial charge is 0.300 e. The van der Waals surface area contributed by atoms with Crippen LogP contribution in [0.2, 0.25) is 0 Å². The van der Waals surface area contributed by atoms with Gasteiger partial charge in [0.2, 0.25) is 5.91 Å². The number of likely N-dealkylation sites (tertiary alicyclic amines) is 1. The molecule has 0 bridgehead atoms. The van der Waals surface area contributed by atoms with Gasteiger partial charge in [0, 0.05) is 26.4 Å². The van der Waals surface area contributed by atoms with Crippen LogP contribution >= 0.6 is 0 Å². The summed E-state index contributed by atoms with van der Waals surface area (Å²) in [6, 6.07) is 0. The Kier molecular flexibility index (Phi) is 5.88. The van der Waals surface area contributed by atoms with Crippen LogP contribution in [-0.4, -0.2) is 46.7 Å². The van der Waals surface area contributed by atoms with Gasteiger partial charge in [-0.3, -0.25) is 9.59 Å². The van der Waals surface area contributed by atoms with E-state index in [9.17, 15) is 4.79 Å². The molecule has 1 heterocycles. The first kappa shape index (κ1) is 11.9. The van der Waals surface area contributed by atoms with Gasteiger partial charge in [0.1, 0.15) is 0 Å². The summed E-state index contributed by atoms with van der Waals surface area (Å²) in [4.78, 5) is 21.5. The molecule has 2 N–H and O–H groups in total. The quantitative estimate of drug-likeness (QED) is 0.624. The monoisotopic (exact) mass is 189 g/mol. The number of carbonyl (C=O) groups excluding carboxylic acids is 1. The molecular formula is C8H15NO4. The zero-order valence-electron chi connectivity index (χ0n) is 7.69. The van der Waals surface area contributed by atoms with Crippen LogP contribution in [0.15, 0.2) is 0 Å². The van der Waals surface area contributed by atoms with Gasteiger partial charge in [-0.1, -0.05) is 0 Å². The molecule has 0 spiro atoms. The third-order valence-corrected chi connectivity index (χ3v) is 1.54. The second-order valence-electron chi connectivity index (χ2n) is 2.73. The van der Waals surface area contributed by atoms with Gasteiger partial charge in [-0.15, -0.1) is 0 Å². The highest BCUT2D eigenvalue weighted by Crippen LogP contribution is 2.07. The maximum atomic E-state index is 10.8. The van der Waals surface area contributed by atoms with Crippen LogP contribution in [0.25, 0.3) is 0 Å². The summed E-state index contributed by atoms with van der Waals surface area (Å²) < 4.78 is 0. The minimum Gasteiger partial charge on any atom is -0.481 e. The van der Waals surface area contributed by atoms with E-state index in [0.29, 0.717) is 13.0 Å². The van der Waals surface area contributed by atoms with E-state index in [0.717, 1.165) is 19.9 Å². The van der Waals surface area contributed by atoms with Gasteiger partial charge < -0.3 is 15.1 Å². The van der Waals surface area contributed by atoms with E-state index in [1.807, 2.05) is 0 Å². The molecule has 0 atom stereocenters. The van der Waals surface area contributed by atoms with Crippen molar-refractivity contribution in [2.24, 2.45) is 0 Å². The molecule has 1 rings (SSSR count). The molecule has 0 unspecified atom stereocenters. The van der Waals surface area contributed by atoms with Crippen LogP contribution in [0.1, 0.15) is 19.8 Å². The van der Waals surface area contributed by atoms with E-state index in [1.54, 1.807) is 4.90 Å². The van der Waals surface area contributed by atoms with Crippen molar-refractivity contribution in [1.29, 1.82) is 0 Å². The van der Waals surface area contributed by atoms with Gasteiger partial charge in [-0.25, -0.2) is 0 Å². The van der Waals surface area contributed by atoms with E-state index < -0.39 is 5.97 Å². The normalized spacial score (nSPS) is 15.2. The molecule has 5 nitrogen and oxygen atoms in total. The Morgan fingerprint density at radius 1 is 1.62 bits per heavy atom. The van der Waals surface area contributed by atoms with Crippen molar-refractivity contribution in [3.8, 4) is 0 Å². The van der Waals surface area contributed by atoms with Crippen molar-refractivity contribution in [2.45, 2.75) is 19.8 Å². The number of aliphatic carboxylic acids is 1. The van der Waals surface area contributed by atoms with Gasteiger partial charge in [0.15, 0.2) is 0 Å². The van der Waals surface area contributed by atoms with Crippen molar-refractivity contribution >= 4 is 11.9 Å². The SMILES string of the molecule is CC(=O)O.O=C1CCCN1CCO. The maximum Gasteiger partial charge on any atom is 0.300 e. The van der Waals surface area contributed by atoms with Crippen molar-refractivity contribution in [3.63, 3.8) is 0 Å². The Hall–Kier alpha value is -1.10. The van der Waals surface area contributed by atoms with Crippen LogP contribution in [0.3, 0.4) is 0 Å². The summed E-state index contributed by atoms with van der Waals surface area (Å²) in [6.07, 6.45) is 1.62. The fourth-order valence-corrected chi connectivity index (χ4v) is 1.06. The fourth-order valence-electron chi connectivity index (χ4n) is 1.06. The van der Waals surface area contributed by atoms with Crippen molar-refractivity contribution in [3.05, 3.63) is 0 Å². The number of carbonyl (C=O) groups is 2. The summed E-state index contributed by atoms with van der Waals surface area (Å²) in [5, 5.41) is 15.9. The molecular weight excluding hydrogens is 174 g/mol. The van der Waals surface area contributed by atoms with Crippen LogP contribution in [0.4, 0.5) is 0 Å². The molecule has 1 fully saturated rings. The lowest BCUT2D eigenvalue weighted by molar-refractivity contribution is -0.134. The number of hydrogen-bond donors (Lipinski definition) is 2. The average Bonchev–Trinajstić information content (AvgIpc) is 2.36. The standard InChI is InChI=1S/C6H11NO2.C2H4O2/c8-5-4-7-3-1-2-6(7)9;1-2(3)4/h8H,1-5H2;1H3,(H,3,4). The van der Waals surface area contributed by atoms with Gasteiger partial charge >= 0.3 is 0 Å². The number of amides is 1. The summed E-state index contributed by atoms with van der Waals surface area (Å²) in [5.74, 6) is -0.649. The Morgan fingerprint density at radius 3 is 2.46 bits per heavy atom. The molecule has 1 saturated heterocycles. The van der Waals surface area contributed by atoms with Crippen LogP contribution in [0, 0.1) is 0 Å². The highest BCUT2D eigenvalue weighted by atomic mass is 16.4. The zero-order valence-corrected chi connectivity index (χ0v) is 7.69. The lowest BCUT2D eigenvalue weighted by Gasteiger charge is -2.11. The second-order valence-corrected chi connectivity index (χ2v) is 2.73. The maximum absolute atomic E-state index is 10.8. The molecule has 1 aliphatic heterocycles. The minimum atomic E-state index is -0.833. The summed E-state index contributed by atoms with van der Waals surface area (Å²) in [5.41, 5.74) is 0. The molecule has 0 radical (unpaired) electrons. The number of rotatable bonds is 2. The molecule has 1 aliphatic rings. The molecule has 0 saturated carbocycles. The predicted octanol–water partition coefficient (Wildman–Crippen LogP) is -0.308. The summed E-state index contributed by atoms with van der Waals surface area (Å²) in [6.45, 7) is 2.52. The average molecular weight is 189 g/mol. The first-order valence-electron chi connectivity index (χ1n) is 4.16. The van der Waals surface area contributed by atoms with Crippen molar-refractivity contribution in [1.82, 2.24) is 4.90 Å². The fraction of sp³-hybridized carbons (Fsp3) is 0.750. The van der Waals surface area contributed by atoms with Crippen LogP contribution in [-0.2, 0) is 9.59 Å². The van der Waals surface area contributed by atoms with Gasteiger partial charge in [-0.05, 0) is 6.42 Å². The zero-order chi connectivity index (χ0) is 10.3. The highest BCUT2D eigenvalue weighted by molar-refractivity contribution is 5.77. The van der Waals surface area contributed by atoms with Gasteiger partial charge in [-0.2, -0.15) is 0 Å². The number of aliphatic hydroxyl groups is 1. The number of carboxylic acid groups (broad SMARTS) is 1. The summed E-state index contributed by atoms with van der Waals surface area (Å²) in [7, 11) is 0. The number of β-amino-alcohol motifs (C(OH)–C–C–N with tert-alkyl or cyclic N) is 1. The Labute approximate surface area is 77.0 Å². The van der Waals surface area contributed by atoms with Crippen molar-refractivity contribution < 1.29 is 19.8 Å². The molecule has 1 amide bonds. The highest BCUT2D eigenvalue weighted by Gasteiger charge is 2.18. The Morgan fingerprint density at radius 2 is 2.15 bits per heavy atom. The van der Waals surface area contributed by atoms with E-state index in [1.165, 1.54) is 0 Å². The summed E-state index contributed by atoms with van der Waals surface area (Å²) >= 11 is 0. The third-order valence-electron chi connectivity index (χ3n) is 1.54. The number of carboxylic acids is 1. The van der Waals surface area contributed by atoms with Gasteiger partial charge in [0.05, 0.1) is 6.61 Å².